The van der Waals surface area contributed by atoms with Gasteiger partial charge in [-0.3, -0.25) is 9.59 Å². The first-order valence-electron chi connectivity index (χ1n) is 9.77. The highest BCUT2D eigenvalue weighted by Gasteiger charge is 2.23. The van der Waals surface area contributed by atoms with Crippen LogP contribution in [0.15, 0.2) is 72.3 Å². The Bertz CT molecular complexity index is 1010. The van der Waals surface area contributed by atoms with Crippen molar-refractivity contribution in [1.82, 2.24) is 9.88 Å². The molecule has 0 radical (unpaired) electrons. The Balaban J connectivity index is 1.29. The van der Waals surface area contributed by atoms with Gasteiger partial charge >= 0.3 is 0 Å². The molecule has 0 spiro atoms. The quantitative estimate of drug-likeness (QED) is 0.641. The van der Waals surface area contributed by atoms with Crippen LogP contribution in [0, 0.1) is 0 Å². The molecule has 4 rings (SSSR count). The maximum absolute atomic E-state index is 12.5. The van der Waals surface area contributed by atoms with Crippen LogP contribution >= 0.6 is 11.3 Å². The van der Waals surface area contributed by atoms with Crippen molar-refractivity contribution in [1.29, 1.82) is 0 Å². The van der Waals surface area contributed by atoms with Gasteiger partial charge in [0.1, 0.15) is 5.82 Å². The Morgan fingerprint density at radius 3 is 2.43 bits per heavy atom. The minimum absolute atomic E-state index is 0.0965. The molecule has 7 heteroatoms. The number of nitrogens with one attached hydrogen (secondary N) is 1. The Morgan fingerprint density at radius 1 is 0.967 bits per heavy atom. The molecule has 3 aromatic rings. The molecule has 0 unspecified atom stereocenters. The van der Waals surface area contributed by atoms with Crippen LogP contribution in [-0.2, 0) is 4.79 Å². The molecule has 0 bridgehead atoms. The van der Waals surface area contributed by atoms with Crippen molar-refractivity contribution in [2.24, 2.45) is 0 Å². The number of hydrogen-bond acceptors (Lipinski definition) is 5. The molecule has 0 aliphatic carbocycles. The fourth-order valence-corrected chi connectivity index (χ4v) is 3.95. The molecular formula is C23H22N4O2S. The first-order valence-corrected chi connectivity index (χ1v) is 10.6. The van der Waals surface area contributed by atoms with E-state index in [-0.39, 0.29) is 11.8 Å². The standard InChI is InChI=1S/C23H22N4O2S/c28-22(11-8-18-5-2-1-3-6-18)25-19-9-10-21(24-17-19)26-12-14-27(15-13-26)23(29)20-7-4-16-30-20/h1-11,16-17H,12-15H2,(H,25,28)/b11-8+. The maximum Gasteiger partial charge on any atom is 0.264 e. The molecule has 2 aromatic heterocycles. The Labute approximate surface area is 179 Å². The van der Waals surface area contributed by atoms with Gasteiger partial charge in [-0.1, -0.05) is 36.4 Å². The van der Waals surface area contributed by atoms with Crippen molar-refractivity contribution < 1.29 is 9.59 Å². The monoisotopic (exact) mass is 418 g/mol. The maximum atomic E-state index is 12.5. The summed E-state index contributed by atoms with van der Waals surface area (Å²) in [6.45, 7) is 2.80. The van der Waals surface area contributed by atoms with Crippen LogP contribution in [0.2, 0.25) is 0 Å². The van der Waals surface area contributed by atoms with Crippen LogP contribution < -0.4 is 10.2 Å². The molecule has 1 aromatic carbocycles. The van der Waals surface area contributed by atoms with Crippen molar-refractivity contribution in [3.05, 3.63) is 82.7 Å². The van der Waals surface area contributed by atoms with E-state index in [4.69, 9.17) is 0 Å². The lowest BCUT2D eigenvalue weighted by Crippen LogP contribution is -2.48. The van der Waals surface area contributed by atoms with E-state index in [0.717, 1.165) is 29.3 Å². The van der Waals surface area contributed by atoms with Crippen molar-refractivity contribution >= 4 is 40.7 Å². The van der Waals surface area contributed by atoms with Crippen LogP contribution in [0.3, 0.4) is 0 Å². The number of pyridine rings is 1. The van der Waals surface area contributed by atoms with Crippen LogP contribution in [-0.4, -0.2) is 47.9 Å². The third kappa shape index (κ3) is 4.93. The van der Waals surface area contributed by atoms with Crippen molar-refractivity contribution in [3.8, 4) is 0 Å². The SMILES string of the molecule is O=C(/C=C/c1ccccc1)Nc1ccc(N2CCN(C(=O)c3cccs3)CC2)nc1. The van der Waals surface area contributed by atoms with E-state index in [1.54, 1.807) is 12.3 Å². The summed E-state index contributed by atoms with van der Waals surface area (Å²) in [5, 5.41) is 4.74. The summed E-state index contributed by atoms with van der Waals surface area (Å²) in [5.41, 5.74) is 1.62. The lowest BCUT2D eigenvalue weighted by molar-refractivity contribution is -0.111. The van der Waals surface area contributed by atoms with E-state index in [9.17, 15) is 9.59 Å². The molecule has 0 saturated carbocycles. The molecule has 1 aliphatic heterocycles. The van der Waals surface area contributed by atoms with Crippen molar-refractivity contribution in [2.75, 3.05) is 36.4 Å². The van der Waals surface area contributed by atoms with Gasteiger partial charge in [-0.2, -0.15) is 0 Å². The molecule has 1 N–H and O–H groups in total. The number of anilines is 2. The van der Waals surface area contributed by atoms with E-state index >= 15 is 0 Å². The second-order valence-electron chi connectivity index (χ2n) is 6.89. The average molecular weight is 419 g/mol. The number of hydrogen-bond donors (Lipinski definition) is 1. The van der Waals surface area contributed by atoms with E-state index in [2.05, 4.69) is 15.2 Å². The normalized spacial score (nSPS) is 14.1. The fraction of sp³-hybridized carbons (Fsp3) is 0.174. The zero-order chi connectivity index (χ0) is 20.8. The Kier molecular flexibility index (Phi) is 6.20. The predicted octanol–water partition coefficient (Wildman–Crippen LogP) is 3.76. The zero-order valence-electron chi connectivity index (χ0n) is 16.4. The Morgan fingerprint density at radius 2 is 1.77 bits per heavy atom. The number of rotatable bonds is 5. The lowest BCUT2D eigenvalue weighted by atomic mass is 10.2. The molecule has 30 heavy (non-hydrogen) atoms. The lowest BCUT2D eigenvalue weighted by Gasteiger charge is -2.35. The number of benzene rings is 1. The van der Waals surface area contributed by atoms with Gasteiger partial charge in [-0.15, -0.1) is 11.3 Å². The van der Waals surface area contributed by atoms with Crippen molar-refractivity contribution in [2.45, 2.75) is 0 Å². The number of thiophene rings is 1. The van der Waals surface area contributed by atoms with Gasteiger partial charge in [0.2, 0.25) is 5.91 Å². The number of nitrogens with zero attached hydrogens (tertiary/aromatic N) is 3. The molecule has 0 atom stereocenters. The summed E-state index contributed by atoms with van der Waals surface area (Å²) in [4.78, 5) is 33.8. The van der Waals surface area contributed by atoms with E-state index in [0.29, 0.717) is 18.8 Å². The van der Waals surface area contributed by atoms with Gasteiger partial charge in [0, 0.05) is 32.3 Å². The molecule has 152 valence electrons. The molecule has 2 amide bonds. The van der Waals surface area contributed by atoms with Gasteiger partial charge < -0.3 is 15.1 Å². The number of piperazine rings is 1. The topological polar surface area (TPSA) is 65.5 Å². The molecule has 1 saturated heterocycles. The zero-order valence-corrected chi connectivity index (χ0v) is 17.2. The summed E-state index contributed by atoms with van der Waals surface area (Å²) in [6, 6.07) is 17.2. The third-order valence-corrected chi connectivity index (χ3v) is 5.72. The van der Waals surface area contributed by atoms with Crippen LogP contribution in [0.5, 0.6) is 0 Å². The summed E-state index contributed by atoms with van der Waals surface area (Å²) in [6.07, 6.45) is 4.94. The second-order valence-corrected chi connectivity index (χ2v) is 7.84. The Hall–Kier alpha value is -3.45. The van der Waals surface area contributed by atoms with Crippen LogP contribution in [0.4, 0.5) is 11.5 Å². The number of carbonyl (C=O) groups excluding carboxylic acids is 2. The van der Waals surface area contributed by atoms with Gasteiger partial charge in [-0.05, 0) is 35.2 Å². The summed E-state index contributed by atoms with van der Waals surface area (Å²) in [7, 11) is 0. The van der Waals surface area contributed by atoms with E-state index in [1.807, 2.05) is 64.9 Å². The summed E-state index contributed by atoms with van der Waals surface area (Å²) >= 11 is 1.47. The fourth-order valence-electron chi connectivity index (χ4n) is 3.26. The predicted molar refractivity (Wildman–Crippen MR) is 121 cm³/mol. The van der Waals surface area contributed by atoms with Crippen molar-refractivity contribution in [3.63, 3.8) is 0 Å². The van der Waals surface area contributed by atoms with E-state index in [1.165, 1.54) is 17.4 Å². The van der Waals surface area contributed by atoms with Gasteiger partial charge in [-0.25, -0.2) is 4.98 Å². The minimum Gasteiger partial charge on any atom is -0.353 e. The highest BCUT2D eigenvalue weighted by molar-refractivity contribution is 7.12. The average Bonchev–Trinajstić information content (AvgIpc) is 3.34. The van der Waals surface area contributed by atoms with E-state index < -0.39 is 0 Å². The first-order chi connectivity index (χ1) is 14.7. The highest BCUT2D eigenvalue weighted by atomic mass is 32.1. The second kappa shape index (κ2) is 9.37. The van der Waals surface area contributed by atoms with Crippen LogP contribution in [0.1, 0.15) is 15.2 Å². The summed E-state index contributed by atoms with van der Waals surface area (Å²) < 4.78 is 0. The molecule has 6 nitrogen and oxygen atoms in total. The van der Waals surface area contributed by atoms with Gasteiger partial charge in [0.25, 0.3) is 5.91 Å². The highest BCUT2D eigenvalue weighted by Crippen LogP contribution is 2.18. The minimum atomic E-state index is -0.200. The molecule has 1 aliphatic rings. The number of carbonyl (C=O) groups is 2. The first kappa shape index (κ1) is 19.8. The smallest absolute Gasteiger partial charge is 0.264 e. The molecular weight excluding hydrogens is 396 g/mol. The third-order valence-electron chi connectivity index (χ3n) is 4.86. The molecule has 1 fully saturated rings. The number of amides is 2. The van der Waals surface area contributed by atoms with Gasteiger partial charge in [0.15, 0.2) is 0 Å². The van der Waals surface area contributed by atoms with Crippen LogP contribution in [0.25, 0.3) is 6.08 Å². The summed E-state index contributed by atoms with van der Waals surface area (Å²) in [5.74, 6) is 0.740. The largest absolute Gasteiger partial charge is 0.353 e. The number of aromatic nitrogens is 1. The molecule has 3 heterocycles. The van der Waals surface area contributed by atoms with Gasteiger partial charge in [0.05, 0.1) is 16.8 Å².